The molecule has 1 aromatic heterocycles. The molecule has 0 saturated carbocycles. The van der Waals surface area contributed by atoms with E-state index in [9.17, 15) is 4.79 Å². The van der Waals surface area contributed by atoms with Crippen molar-refractivity contribution in [2.24, 2.45) is 0 Å². The lowest BCUT2D eigenvalue weighted by Crippen LogP contribution is -2.31. The summed E-state index contributed by atoms with van der Waals surface area (Å²) in [5.41, 5.74) is 2.79. The summed E-state index contributed by atoms with van der Waals surface area (Å²) in [5, 5.41) is 12.7. The van der Waals surface area contributed by atoms with Gasteiger partial charge >= 0.3 is 0 Å². The topological polar surface area (TPSA) is 69.0 Å². The van der Waals surface area contributed by atoms with Crippen molar-refractivity contribution in [1.29, 1.82) is 0 Å². The first-order valence-electron chi connectivity index (χ1n) is 10.2. The Balaban J connectivity index is 1.69. The minimum absolute atomic E-state index is 0.0304. The Morgan fingerprint density at radius 3 is 2.60 bits per heavy atom. The molecule has 0 fully saturated rings. The van der Waals surface area contributed by atoms with Crippen molar-refractivity contribution in [3.63, 3.8) is 0 Å². The van der Waals surface area contributed by atoms with E-state index in [0.717, 1.165) is 46.6 Å². The third-order valence-electron chi connectivity index (χ3n) is 4.93. The molecule has 1 amide bonds. The highest BCUT2D eigenvalue weighted by Crippen LogP contribution is 2.28. The highest BCUT2D eigenvalue weighted by Gasteiger charge is 2.14. The third kappa shape index (κ3) is 5.21. The van der Waals surface area contributed by atoms with Gasteiger partial charge in [0.15, 0.2) is 11.0 Å². The van der Waals surface area contributed by atoms with Gasteiger partial charge in [-0.25, -0.2) is 0 Å². The van der Waals surface area contributed by atoms with Crippen molar-refractivity contribution in [3.05, 3.63) is 59.7 Å². The molecule has 2 aromatic carbocycles. The molecule has 1 atom stereocenters. The number of nitrogens with one attached hydrogen (secondary N) is 1. The zero-order chi connectivity index (χ0) is 21.5. The lowest BCUT2D eigenvalue weighted by Gasteiger charge is -2.11. The molecule has 158 valence electrons. The van der Waals surface area contributed by atoms with Gasteiger partial charge in [-0.1, -0.05) is 43.0 Å². The van der Waals surface area contributed by atoms with Gasteiger partial charge in [-0.15, -0.1) is 10.2 Å². The fraction of sp³-hybridized carbons (Fsp3) is 0.348. The van der Waals surface area contributed by atoms with Gasteiger partial charge in [0.2, 0.25) is 0 Å². The van der Waals surface area contributed by atoms with E-state index in [1.807, 2.05) is 55.5 Å². The van der Waals surface area contributed by atoms with Crippen molar-refractivity contribution in [1.82, 2.24) is 20.1 Å². The lowest BCUT2D eigenvalue weighted by molar-refractivity contribution is 0.0939. The van der Waals surface area contributed by atoms with Crippen LogP contribution in [0.3, 0.4) is 0 Å². The maximum atomic E-state index is 12.2. The van der Waals surface area contributed by atoms with Crippen LogP contribution in [-0.4, -0.2) is 33.8 Å². The number of benzene rings is 2. The standard InChI is InChI=1S/C23H28N4O2S/c1-5-16(3)24-22(28)18-12-10-17(11-13-18)15-30-23-26-25-21(27(23)6-2)19-8-7-9-20(14-19)29-4/h7-14,16H,5-6,15H2,1-4H3,(H,24,28). The van der Waals surface area contributed by atoms with Crippen molar-refractivity contribution in [2.45, 2.75) is 50.7 Å². The predicted octanol–water partition coefficient (Wildman–Crippen LogP) is 4.79. The number of hydrogen-bond donors (Lipinski definition) is 1. The van der Waals surface area contributed by atoms with Crippen molar-refractivity contribution < 1.29 is 9.53 Å². The summed E-state index contributed by atoms with van der Waals surface area (Å²) in [7, 11) is 1.66. The highest BCUT2D eigenvalue weighted by atomic mass is 32.2. The molecule has 0 aliphatic rings. The largest absolute Gasteiger partial charge is 0.497 e. The van der Waals surface area contributed by atoms with Gasteiger partial charge in [-0.05, 0) is 50.1 Å². The molecule has 0 aliphatic heterocycles. The summed E-state index contributed by atoms with van der Waals surface area (Å²) in [6.45, 7) is 6.92. The molecule has 1 N–H and O–H groups in total. The molecule has 0 saturated heterocycles. The van der Waals surface area contributed by atoms with E-state index in [1.54, 1.807) is 18.9 Å². The van der Waals surface area contributed by atoms with Crippen molar-refractivity contribution in [3.8, 4) is 17.1 Å². The van der Waals surface area contributed by atoms with Crippen LogP contribution in [0.1, 0.15) is 43.1 Å². The number of carbonyl (C=O) groups excluding carboxylic acids is 1. The minimum atomic E-state index is -0.0304. The highest BCUT2D eigenvalue weighted by molar-refractivity contribution is 7.98. The molecule has 7 heteroatoms. The summed E-state index contributed by atoms with van der Waals surface area (Å²) in [4.78, 5) is 12.2. The Hall–Kier alpha value is -2.80. The van der Waals surface area contributed by atoms with Gasteiger partial charge < -0.3 is 14.6 Å². The maximum absolute atomic E-state index is 12.2. The van der Waals surface area contributed by atoms with E-state index in [-0.39, 0.29) is 11.9 Å². The van der Waals surface area contributed by atoms with Crippen molar-refractivity contribution >= 4 is 17.7 Å². The van der Waals surface area contributed by atoms with Crippen LogP contribution in [-0.2, 0) is 12.3 Å². The second-order valence-corrected chi connectivity index (χ2v) is 7.99. The number of nitrogens with zero attached hydrogens (tertiary/aromatic N) is 3. The average Bonchev–Trinajstić information content (AvgIpc) is 3.20. The van der Waals surface area contributed by atoms with E-state index >= 15 is 0 Å². The smallest absolute Gasteiger partial charge is 0.251 e. The number of amides is 1. The van der Waals surface area contributed by atoms with Crippen molar-refractivity contribution in [2.75, 3.05) is 7.11 Å². The number of rotatable bonds is 9. The van der Waals surface area contributed by atoms with Gasteiger partial charge in [0, 0.05) is 29.5 Å². The summed E-state index contributed by atoms with van der Waals surface area (Å²) >= 11 is 1.64. The van der Waals surface area contributed by atoms with Gasteiger partial charge in [0.05, 0.1) is 7.11 Å². The van der Waals surface area contributed by atoms with E-state index in [4.69, 9.17) is 4.74 Å². The number of aromatic nitrogens is 3. The van der Waals surface area contributed by atoms with E-state index < -0.39 is 0 Å². The van der Waals surface area contributed by atoms with Crippen LogP contribution >= 0.6 is 11.8 Å². The molecule has 1 unspecified atom stereocenters. The zero-order valence-electron chi connectivity index (χ0n) is 17.9. The van der Waals surface area contributed by atoms with Gasteiger partial charge in [0.1, 0.15) is 5.75 Å². The Morgan fingerprint density at radius 2 is 1.93 bits per heavy atom. The fourth-order valence-electron chi connectivity index (χ4n) is 2.97. The monoisotopic (exact) mass is 424 g/mol. The predicted molar refractivity (Wildman–Crippen MR) is 121 cm³/mol. The average molecular weight is 425 g/mol. The Bertz CT molecular complexity index is 985. The molecule has 30 heavy (non-hydrogen) atoms. The molecule has 0 radical (unpaired) electrons. The van der Waals surface area contributed by atoms with Gasteiger partial charge in [0.25, 0.3) is 5.91 Å². The van der Waals surface area contributed by atoms with E-state index in [2.05, 4.69) is 33.9 Å². The lowest BCUT2D eigenvalue weighted by atomic mass is 10.1. The van der Waals surface area contributed by atoms with Crippen LogP contribution in [0, 0.1) is 0 Å². The summed E-state index contributed by atoms with van der Waals surface area (Å²) < 4.78 is 7.43. The summed E-state index contributed by atoms with van der Waals surface area (Å²) in [6, 6.07) is 15.8. The van der Waals surface area contributed by atoms with Gasteiger partial charge in [-0.2, -0.15) is 0 Å². The number of ether oxygens (including phenoxy) is 1. The second-order valence-electron chi connectivity index (χ2n) is 7.05. The Labute approximate surface area is 182 Å². The Morgan fingerprint density at radius 1 is 1.17 bits per heavy atom. The first-order chi connectivity index (χ1) is 14.5. The molecule has 0 bridgehead atoms. The molecule has 0 aliphatic carbocycles. The van der Waals surface area contributed by atoms with E-state index in [0.29, 0.717) is 5.56 Å². The number of methoxy groups -OCH3 is 1. The molecular formula is C23H28N4O2S. The quantitative estimate of drug-likeness (QED) is 0.500. The number of thioether (sulfide) groups is 1. The SMILES string of the molecule is CCC(C)NC(=O)c1ccc(CSc2nnc(-c3cccc(OC)c3)n2CC)cc1. The molecule has 3 rings (SSSR count). The third-order valence-corrected chi connectivity index (χ3v) is 5.97. The first-order valence-corrected chi connectivity index (χ1v) is 11.1. The number of hydrogen-bond acceptors (Lipinski definition) is 5. The molecular weight excluding hydrogens is 396 g/mol. The van der Waals surface area contributed by atoms with Crippen LogP contribution < -0.4 is 10.1 Å². The first kappa shape index (κ1) is 21.9. The maximum Gasteiger partial charge on any atom is 0.251 e. The van der Waals surface area contributed by atoms with Crippen LogP contribution in [0.4, 0.5) is 0 Å². The van der Waals surface area contributed by atoms with Crippen LogP contribution in [0.2, 0.25) is 0 Å². The second kappa shape index (κ2) is 10.3. The molecule has 3 aromatic rings. The minimum Gasteiger partial charge on any atom is -0.497 e. The number of carbonyl (C=O) groups is 1. The van der Waals surface area contributed by atoms with Crippen LogP contribution in [0.15, 0.2) is 53.7 Å². The summed E-state index contributed by atoms with van der Waals surface area (Å²) in [6.07, 6.45) is 0.913. The normalized spacial score (nSPS) is 11.9. The zero-order valence-corrected chi connectivity index (χ0v) is 18.7. The Kier molecular flexibility index (Phi) is 7.52. The molecule has 6 nitrogen and oxygen atoms in total. The molecule has 1 heterocycles. The van der Waals surface area contributed by atoms with Crippen LogP contribution in [0.25, 0.3) is 11.4 Å². The van der Waals surface area contributed by atoms with E-state index in [1.165, 1.54) is 0 Å². The molecule has 0 spiro atoms. The fourth-order valence-corrected chi connectivity index (χ4v) is 3.92. The summed E-state index contributed by atoms with van der Waals surface area (Å²) in [5.74, 6) is 2.35. The van der Waals surface area contributed by atoms with Gasteiger partial charge in [-0.3, -0.25) is 4.79 Å². The van der Waals surface area contributed by atoms with Crippen LogP contribution in [0.5, 0.6) is 5.75 Å².